The fourth-order valence-corrected chi connectivity index (χ4v) is 1.74. The quantitative estimate of drug-likeness (QED) is 0.771. The van der Waals surface area contributed by atoms with Crippen LogP contribution in [0.15, 0.2) is 18.2 Å². The minimum atomic E-state index is 0. The standard InChI is InChI=1S/C15H24N2O3.ClH/c1-4-20-13-7-6-12(9-14(13)19-3)10-17-15(18)8-5-11(2)16;/h6-7,9,11H,4-5,8,10,16H2,1-3H3,(H,17,18);1H. The molecule has 3 N–H and O–H groups in total. The third kappa shape index (κ3) is 7.20. The Kier molecular flexibility index (Phi) is 9.58. The van der Waals surface area contributed by atoms with Crippen molar-refractivity contribution < 1.29 is 14.3 Å². The van der Waals surface area contributed by atoms with Crippen molar-refractivity contribution in [3.05, 3.63) is 23.8 Å². The lowest BCUT2D eigenvalue weighted by Crippen LogP contribution is -2.25. The molecule has 0 saturated heterocycles. The summed E-state index contributed by atoms with van der Waals surface area (Å²) in [6, 6.07) is 5.69. The van der Waals surface area contributed by atoms with Crippen molar-refractivity contribution in [3.8, 4) is 11.5 Å². The monoisotopic (exact) mass is 316 g/mol. The summed E-state index contributed by atoms with van der Waals surface area (Å²) in [6.45, 7) is 4.88. The largest absolute Gasteiger partial charge is 0.493 e. The molecule has 1 unspecified atom stereocenters. The van der Waals surface area contributed by atoms with Gasteiger partial charge in [-0.2, -0.15) is 0 Å². The molecule has 1 amide bonds. The van der Waals surface area contributed by atoms with Crippen LogP contribution in [0.5, 0.6) is 11.5 Å². The minimum absolute atomic E-state index is 0. The van der Waals surface area contributed by atoms with Gasteiger partial charge < -0.3 is 20.5 Å². The Morgan fingerprint density at radius 1 is 1.38 bits per heavy atom. The molecule has 0 aliphatic rings. The lowest BCUT2D eigenvalue weighted by molar-refractivity contribution is -0.121. The Labute approximate surface area is 132 Å². The second-order valence-electron chi connectivity index (χ2n) is 4.71. The Balaban J connectivity index is 0.00000400. The predicted octanol–water partition coefficient (Wildman–Crippen LogP) is 2.26. The van der Waals surface area contributed by atoms with Crippen molar-refractivity contribution in [2.45, 2.75) is 39.3 Å². The van der Waals surface area contributed by atoms with Crippen molar-refractivity contribution in [3.63, 3.8) is 0 Å². The van der Waals surface area contributed by atoms with Gasteiger partial charge in [0.1, 0.15) is 0 Å². The molecule has 0 aromatic heterocycles. The summed E-state index contributed by atoms with van der Waals surface area (Å²) < 4.78 is 10.7. The maximum absolute atomic E-state index is 11.6. The van der Waals surface area contributed by atoms with E-state index in [0.717, 1.165) is 5.56 Å². The van der Waals surface area contributed by atoms with Gasteiger partial charge >= 0.3 is 0 Å². The molecule has 1 aromatic rings. The lowest BCUT2D eigenvalue weighted by Gasteiger charge is -2.12. The number of halogens is 1. The van der Waals surface area contributed by atoms with E-state index in [1.165, 1.54) is 0 Å². The van der Waals surface area contributed by atoms with Crippen LogP contribution in [0.2, 0.25) is 0 Å². The maximum Gasteiger partial charge on any atom is 0.220 e. The zero-order valence-electron chi connectivity index (χ0n) is 12.8. The SMILES string of the molecule is CCOc1ccc(CNC(=O)CCC(C)N)cc1OC.Cl. The molecule has 0 aliphatic carbocycles. The molecule has 0 saturated carbocycles. The van der Waals surface area contributed by atoms with Gasteiger partial charge in [0.15, 0.2) is 11.5 Å². The number of benzene rings is 1. The van der Waals surface area contributed by atoms with E-state index in [0.29, 0.717) is 37.5 Å². The molecule has 6 heteroatoms. The Morgan fingerprint density at radius 3 is 2.67 bits per heavy atom. The van der Waals surface area contributed by atoms with Gasteiger partial charge in [-0.15, -0.1) is 12.4 Å². The van der Waals surface area contributed by atoms with E-state index in [1.807, 2.05) is 32.0 Å². The average Bonchev–Trinajstić information content (AvgIpc) is 2.44. The first kappa shape index (κ1) is 19.5. The van der Waals surface area contributed by atoms with E-state index in [-0.39, 0.29) is 24.4 Å². The molecular weight excluding hydrogens is 292 g/mol. The molecule has 5 nitrogen and oxygen atoms in total. The van der Waals surface area contributed by atoms with Crippen molar-refractivity contribution in [1.82, 2.24) is 5.32 Å². The first-order chi connectivity index (χ1) is 9.56. The van der Waals surface area contributed by atoms with E-state index < -0.39 is 0 Å². The van der Waals surface area contributed by atoms with E-state index in [4.69, 9.17) is 15.2 Å². The van der Waals surface area contributed by atoms with Crippen molar-refractivity contribution in [2.24, 2.45) is 5.73 Å². The van der Waals surface area contributed by atoms with Crippen LogP contribution in [0.1, 0.15) is 32.3 Å². The number of carbonyl (C=O) groups is 1. The topological polar surface area (TPSA) is 73.6 Å². The minimum Gasteiger partial charge on any atom is -0.493 e. The van der Waals surface area contributed by atoms with Gasteiger partial charge in [0, 0.05) is 19.0 Å². The Hall–Kier alpha value is -1.46. The smallest absolute Gasteiger partial charge is 0.220 e. The number of amides is 1. The molecule has 0 radical (unpaired) electrons. The molecule has 1 rings (SSSR count). The van der Waals surface area contributed by atoms with Crippen LogP contribution in [-0.2, 0) is 11.3 Å². The van der Waals surface area contributed by atoms with Crippen molar-refractivity contribution >= 4 is 18.3 Å². The third-order valence-corrected chi connectivity index (χ3v) is 2.84. The zero-order valence-corrected chi connectivity index (χ0v) is 13.7. The number of nitrogens with one attached hydrogen (secondary N) is 1. The van der Waals surface area contributed by atoms with Gasteiger partial charge in [-0.05, 0) is 38.0 Å². The Morgan fingerprint density at radius 2 is 2.10 bits per heavy atom. The molecule has 0 bridgehead atoms. The highest BCUT2D eigenvalue weighted by Crippen LogP contribution is 2.27. The number of ether oxygens (including phenoxy) is 2. The highest BCUT2D eigenvalue weighted by atomic mass is 35.5. The summed E-state index contributed by atoms with van der Waals surface area (Å²) in [5.41, 5.74) is 6.59. The summed E-state index contributed by atoms with van der Waals surface area (Å²) >= 11 is 0. The first-order valence-electron chi connectivity index (χ1n) is 6.88. The van der Waals surface area contributed by atoms with E-state index >= 15 is 0 Å². The highest BCUT2D eigenvalue weighted by molar-refractivity contribution is 5.85. The predicted molar refractivity (Wildman–Crippen MR) is 86.1 cm³/mol. The van der Waals surface area contributed by atoms with E-state index in [1.54, 1.807) is 7.11 Å². The van der Waals surface area contributed by atoms with Gasteiger partial charge in [-0.3, -0.25) is 4.79 Å². The van der Waals surface area contributed by atoms with Crippen LogP contribution in [0.25, 0.3) is 0 Å². The summed E-state index contributed by atoms with van der Waals surface area (Å²) in [5, 5.41) is 2.87. The fraction of sp³-hybridized carbons (Fsp3) is 0.533. The van der Waals surface area contributed by atoms with Crippen LogP contribution in [0, 0.1) is 0 Å². The molecule has 21 heavy (non-hydrogen) atoms. The second-order valence-corrected chi connectivity index (χ2v) is 4.71. The van der Waals surface area contributed by atoms with Crippen LogP contribution in [0.4, 0.5) is 0 Å². The summed E-state index contributed by atoms with van der Waals surface area (Å²) in [5.74, 6) is 1.39. The van der Waals surface area contributed by atoms with Gasteiger partial charge in [0.25, 0.3) is 0 Å². The molecular formula is C15H25ClN2O3. The first-order valence-corrected chi connectivity index (χ1v) is 6.88. The van der Waals surface area contributed by atoms with E-state index in [2.05, 4.69) is 5.32 Å². The zero-order chi connectivity index (χ0) is 15.0. The number of nitrogens with two attached hydrogens (primary N) is 1. The molecule has 1 aromatic carbocycles. The normalized spacial score (nSPS) is 11.2. The molecule has 1 atom stereocenters. The van der Waals surface area contributed by atoms with Crippen LogP contribution in [-0.4, -0.2) is 25.7 Å². The third-order valence-electron chi connectivity index (χ3n) is 2.84. The fourth-order valence-electron chi connectivity index (χ4n) is 1.74. The van der Waals surface area contributed by atoms with Crippen molar-refractivity contribution in [1.29, 1.82) is 0 Å². The summed E-state index contributed by atoms with van der Waals surface area (Å²) in [6.07, 6.45) is 1.14. The van der Waals surface area contributed by atoms with Gasteiger partial charge in [-0.1, -0.05) is 6.07 Å². The van der Waals surface area contributed by atoms with Crippen LogP contribution < -0.4 is 20.5 Å². The number of methoxy groups -OCH3 is 1. The molecule has 0 fully saturated rings. The molecule has 120 valence electrons. The average molecular weight is 317 g/mol. The van der Waals surface area contributed by atoms with Crippen molar-refractivity contribution in [2.75, 3.05) is 13.7 Å². The second kappa shape index (κ2) is 10.3. The van der Waals surface area contributed by atoms with Gasteiger partial charge in [-0.25, -0.2) is 0 Å². The molecule has 0 heterocycles. The number of carbonyl (C=O) groups excluding carboxylic acids is 1. The highest BCUT2D eigenvalue weighted by Gasteiger charge is 2.07. The summed E-state index contributed by atoms with van der Waals surface area (Å²) in [7, 11) is 1.60. The molecule has 0 aliphatic heterocycles. The maximum atomic E-state index is 11.6. The van der Waals surface area contributed by atoms with Crippen LogP contribution >= 0.6 is 12.4 Å². The summed E-state index contributed by atoms with van der Waals surface area (Å²) in [4.78, 5) is 11.6. The number of rotatable bonds is 8. The molecule has 0 spiro atoms. The van der Waals surface area contributed by atoms with Gasteiger partial charge in [0.2, 0.25) is 5.91 Å². The van der Waals surface area contributed by atoms with E-state index in [9.17, 15) is 4.79 Å². The van der Waals surface area contributed by atoms with Crippen LogP contribution in [0.3, 0.4) is 0 Å². The van der Waals surface area contributed by atoms with Gasteiger partial charge in [0.05, 0.1) is 13.7 Å². The lowest BCUT2D eigenvalue weighted by atomic mass is 10.1. The number of hydrogen-bond acceptors (Lipinski definition) is 4. The number of hydrogen-bond donors (Lipinski definition) is 2. The Bertz CT molecular complexity index is 439.